The molecule has 1 N–H and O–H groups in total. The maximum atomic E-state index is 13.0. The molecule has 2 rings (SSSR count). The molecule has 1 amide bonds. The lowest BCUT2D eigenvalue weighted by Crippen LogP contribution is -2.41. The summed E-state index contributed by atoms with van der Waals surface area (Å²) in [6, 6.07) is 11.9. The Morgan fingerprint density at radius 3 is 2.40 bits per heavy atom. The van der Waals surface area contributed by atoms with E-state index in [-0.39, 0.29) is 35.0 Å². The monoisotopic (exact) mass is 470 g/mol. The van der Waals surface area contributed by atoms with Gasteiger partial charge in [0, 0.05) is 11.4 Å². The van der Waals surface area contributed by atoms with Gasteiger partial charge in [-0.05, 0) is 56.0 Å². The summed E-state index contributed by atoms with van der Waals surface area (Å²) < 4.78 is 32.5. The molecule has 9 heteroatoms. The summed E-state index contributed by atoms with van der Waals surface area (Å²) in [4.78, 5) is 13.7. The van der Waals surface area contributed by atoms with Gasteiger partial charge in [-0.15, -0.1) is 11.8 Å². The predicted octanol–water partition coefficient (Wildman–Crippen LogP) is 4.35. The highest BCUT2D eigenvalue weighted by molar-refractivity contribution is 7.98. The highest BCUT2D eigenvalue weighted by Crippen LogP contribution is 2.28. The first-order chi connectivity index (χ1) is 14.2. The van der Waals surface area contributed by atoms with Crippen LogP contribution in [0.3, 0.4) is 0 Å². The molecule has 0 bridgehead atoms. The fraction of sp³-hybridized carbons (Fsp3) is 0.381. The largest absolute Gasteiger partial charge is 0.492 e. The summed E-state index contributed by atoms with van der Waals surface area (Å²) in [6.45, 7) is 5.66. The molecule has 0 aliphatic heterocycles. The Morgan fingerprint density at radius 1 is 1.20 bits per heavy atom. The molecule has 0 fully saturated rings. The minimum Gasteiger partial charge on any atom is -0.492 e. The number of nitrogens with one attached hydrogen (secondary N) is 1. The molecule has 0 saturated carbocycles. The summed E-state index contributed by atoms with van der Waals surface area (Å²) in [5.74, 6) is 0.0409. The summed E-state index contributed by atoms with van der Waals surface area (Å²) in [5, 5.41) is 3.07. The van der Waals surface area contributed by atoms with Crippen LogP contribution < -0.4 is 10.1 Å². The maximum absolute atomic E-state index is 13.0. The van der Waals surface area contributed by atoms with Gasteiger partial charge >= 0.3 is 0 Å². The zero-order valence-electron chi connectivity index (χ0n) is 17.5. The molecule has 0 aliphatic carbocycles. The van der Waals surface area contributed by atoms with Gasteiger partial charge in [-0.1, -0.05) is 30.7 Å². The lowest BCUT2D eigenvalue weighted by molar-refractivity contribution is -0.121. The fourth-order valence-electron chi connectivity index (χ4n) is 2.85. The molecule has 0 saturated heterocycles. The minimum absolute atomic E-state index is 0.0197. The van der Waals surface area contributed by atoms with Crippen molar-refractivity contribution >= 4 is 39.3 Å². The lowest BCUT2D eigenvalue weighted by atomic mass is 10.1. The lowest BCUT2D eigenvalue weighted by Gasteiger charge is -2.22. The SMILES string of the molecule is CCOc1ccc(S(=O)(=O)N(CC)CC(=O)N[C@@H](C)c2ccc(SC)cc2)cc1Cl. The van der Waals surface area contributed by atoms with Crippen LogP contribution in [0.5, 0.6) is 5.75 Å². The third-order valence-electron chi connectivity index (χ3n) is 4.51. The van der Waals surface area contributed by atoms with E-state index in [9.17, 15) is 13.2 Å². The molecule has 2 aromatic carbocycles. The van der Waals surface area contributed by atoms with Gasteiger partial charge in [-0.25, -0.2) is 8.42 Å². The summed E-state index contributed by atoms with van der Waals surface area (Å²) in [6.07, 6.45) is 2.00. The van der Waals surface area contributed by atoms with Crippen molar-refractivity contribution in [3.8, 4) is 5.75 Å². The topological polar surface area (TPSA) is 75.7 Å². The number of carbonyl (C=O) groups is 1. The number of rotatable bonds is 10. The van der Waals surface area contributed by atoms with Gasteiger partial charge < -0.3 is 10.1 Å². The number of nitrogens with zero attached hydrogens (tertiary/aromatic N) is 1. The Balaban J connectivity index is 2.10. The van der Waals surface area contributed by atoms with Crippen molar-refractivity contribution < 1.29 is 17.9 Å². The smallest absolute Gasteiger partial charge is 0.243 e. The quantitative estimate of drug-likeness (QED) is 0.522. The first-order valence-corrected chi connectivity index (χ1v) is 12.6. The Bertz CT molecular complexity index is 965. The van der Waals surface area contributed by atoms with Gasteiger partial charge in [0.2, 0.25) is 15.9 Å². The van der Waals surface area contributed by atoms with Gasteiger partial charge in [-0.2, -0.15) is 4.31 Å². The number of amides is 1. The maximum Gasteiger partial charge on any atom is 0.243 e. The Labute approximate surface area is 188 Å². The number of ether oxygens (including phenoxy) is 1. The standard InChI is InChI=1S/C21H27ClN2O4S2/c1-5-24(30(26,27)18-11-12-20(28-6-2)19(22)13-18)14-21(25)23-15(3)16-7-9-17(29-4)10-8-16/h7-13,15H,5-6,14H2,1-4H3,(H,23,25)/t15-/m0/s1. The fourth-order valence-corrected chi connectivity index (χ4v) is 4.99. The van der Waals surface area contributed by atoms with Crippen LogP contribution in [0.2, 0.25) is 5.02 Å². The highest BCUT2D eigenvalue weighted by atomic mass is 35.5. The number of thioether (sulfide) groups is 1. The summed E-state index contributed by atoms with van der Waals surface area (Å²) in [7, 11) is -3.88. The van der Waals surface area contributed by atoms with Crippen molar-refractivity contribution in [2.24, 2.45) is 0 Å². The van der Waals surface area contributed by atoms with Crippen LogP contribution in [0.15, 0.2) is 52.3 Å². The molecule has 2 aromatic rings. The number of halogens is 1. The third kappa shape index (κ3) is 6.14. The highest BCUT2D eigenvalue weighted by Gasteiger charge is 2.26. The molecule has 30 heavy (non-hydrogen) atoms. The molecule has 1 atom stereocenters. The van der Waals surface area contributed by atoms with Crippen molar-refractivity contribution in [2.45, 2.75) is 36.6 Å². The zero-order chi connectivity index (χ0) is 22.3. The Hall–Kier alpha value is -1.74. The number of carbonyl (C=O) groups excluding carboxylic acids is 1. The molecule has 0 heterocycles. The minimum atomic E-state index is -3.88. The van der Waals surface area contributed by atoms with Crippen LogP contribution in [-0.2, 0) is 14.8 Å². The van der Waals surface area contributed by atoms with E-state index < -0.39 is 10.0 Å². The first-order valence-electron chi connectivity index (χ1n) is 9.58. The van der Waals surface area contributed by atoms with Gasteiger partial charge in [0.1, 0.15) is 5.75 Å². The second-order valence-electron chi connectivity index (χ2n) is 6.52. The van der Waals surface area contributed by atoms with Crippen LogP contribution >= 0.6 is 23.4 Å². The van der Waals surface area contributed by atoms with Crippen LogP contribution in [0.1, 0.15) is 32.4 Å². The van der Waals surface area contributed by atoms with E-state index in [4.69, 9.17) is 16.3 Å². The van der Waals surface area contributed by atoms with E-state index in [0.29, 0.717) is 12.4 Å². The van der Waals surface area contributed by atoms with Crippen molar-refractivity contribution in [2.75, 3.05) is 26.0 Å². The number of hydrogen-bond acceptors (Lipinski definition) is 5. The number of benzene rings is 2. The van der Waals surface area contributed by atoms with Gasteiger partial charge in [0.25, 0.3) is 0 Å². The van der Waals surface area contributed by atoms with Crippen molar-refractivity contribution in [1.29, 1.82) is 0 Å². The molecular formula is C21H27ClN2O4S2. The molecule has 0 aromatic heterocycles. The first kappa shape index (κ1) is 24.5. The molecule has 164 valence electrons. The van der Waals surface area contributed by atoms with Crippen LogP contribution in [-0.4, -0.2) is 44.6 Å². The van der Waals surface area contributed by atoms with Crippen molar-refractivity contribution in [1.82, 2.24) is 9.62 Å². The normalized spacial score (nSPS) is 12.6. The van der Waals surface area contributed by atoms with E-state index >= 15 is 0 Å². The van der Waals surface area contributed by atoms with Crippen LogP contribution in [0, 0.1) is 0 Å². The van der Waals surface area contributed by atoms with E-state index in [2.05, 4.69) is 5.32 Å². The third-order valence-corrected chi connectivity index (χ3v) is 7.46. The average molecular weight is 471 g/mol. The number of hydrogen-bond donors (Lipinski definition) is 1. The van der Waals surface area contributed by atoms with E-state index in [1.807, 2.05) is 44.4 Å². The van der Waals surface area contributed by atoms with Crippen molar-refractivity contribution in [3.05, 3.63) is 53.1 Å². The molecule has 0 unspecified atom stereocenters. The van der Waals surface area contributed by atoms with Crippen molar-refractivity contribution in [3.63, 3.8) is 0 Å². The number of likely N-dealkylation sites (N-methyl/N-ethyl adjacent to an activating group) is 1. The Morgan fingerprint density at radius 2 is 1.87 bits per heavy atom. The molecule has 6 nitrogen and oxygen atoms in total. The molecule has 0 spiro atoms. The second kappa shape index (κ2) is 11.0. The average Bonchev–Trinajstić information content (AvgIpc) is 2.73. The van der Waals surface area contributed by atoms with E-state index in [1.165, 1.54) is 18.2 Å². The van der Waals surface area contributed by atoms with Crippen LogP contribution in [0.25, 0.3) is 0 Å². The summed E-state index contributed by atoms with van der Waals surface area (Å²) in [5.41, 5.74) is 0.949. The number of sulfonamides is 1. The van der Waals surface area contributed by atoms with Gasteiger partial charge in [0.05, 0.1) is 29.1 Å². The van der Waals surface area contributed by atoms with Gasteiger partial charge in [0.15, 0.2) is 0 Å². The zero-order valence-corrected chi connectivity index (χ0v) is 19.9. The molecule has 0 aliphatic rings. The molecular weight excluding hydrogens is 444 g/mol. The van der Waals surface area contributed by atoms with E-state index in [0.717, 1.165) is 14.8 Å². The van der Waals surface area contributed by atoms with E-state index in [1.54, 1.807) is 18.7 Å². The predicted molar refractivity (Wildman–Crippen MR) is 122 cm³/mol. The van der Waals surface area contributed by atoms with Gasteiger partial charge in [-0.3, -0.25) is 4.79 Å². The van der Waals surface area contributed by atoms with Crippen LogP contribution in [0.4, 0.5) is 0 Å². The molecule has 0 radical (unpaired) electrons. The summed E-state index contributed by atoms with van der Waals surface area (Å²) >= 11 is 7.78. The Kier molecular flexibility index (Phi) is 9.03. The second-order valence-corrected chi connectivity index (χ2v) is 9.74.